The number of likely N-dealkylation sites (tertiary alicyclic amines) is 1. The maximum absolute atomic E-state index is 10.5. The number of aliphatic hydroxyl groups is 1. The van der Waals surface area contributed by atoms with E-state index in [4.69, 9.17) is 5.73 Å². The molecule has 3 N–H and O–H groups in total. The molecule has 2 rings (SSSR count). The maximum Gasteiger partial charge on any atom is 0.0774 e. The first kappa shape index (κ1) is 13.3. The molecule has 2 atom stereocenters. The first-order valence-electron chi connectivity index (χ1n) is 7.33. The maximum atomic E-state index is 10.5. The first-order valence-corrected chi connectivity index (χ1v) is 7.33. The van der Waals surface area contributed by atoms with Gasteiger partial charge in [0, 0.05) is 19.1 Å². The summed E-state index contributed by atoms with van der Waals surface area (Å²) < 4.78 is 0. The topological polar surface area (TPSA) is 49.5 Å². The highest BCUT2D eigenvalue weighted by molar-refractivity contribution is 4.91. The van der Waals surface area contributed by atoms with Crippen LogP contribution in [0, 0.1) is 5.92 Å². The molecular formula is C14H28N2O. The lowest BCUT2D eigenvalue weighted by Gasteiger charge is -2.42. The Labute approximate surface area is 105 Å². The molecule has 100 valence electrons. The Kier molecular flexibility index (Phi) is 4.45. The van der Waals surface area contributed by atoms with Gasteiger partial charge in [-0.2, -0.15) is 0 Å². The van der Waals surface area contributed by atoms with E-state index < -0.39 is 5.60 Å². The highest BCUT2D eigenvalue weighted by Crippen LogP contribution is 2.33. The number of nitrogens with two attached hydrogens (primary N) is 1. The smallest absolute Gasteiger partial charge is 0.0774 e. The lowest BCUT2D eigenvalue weighted by molar-refractivity contribution is -0.0174. The molecule has 2 fully saturated rings. The van der Waals surface area contributed by atoms with Gasteiger partial charge in [-0.25, -0.2) is 0 Å². The monoisotopic (exact) mass is 240 g/mol. The second-order valence-corrected chi connectivity index (χ2v) is 6.09. The molecule has 3 heteroatoms. The highest BCUT2D eigenvalue weighted by Gasteiger charge is 2.36. The van der Waals surface area contributed by atoms with Crippen LogP contribution in [0.3, 0.4) is 0 Å². The van der Waals surface area contributed by atoms with E-state index in [0.717, 1.165) is 38.4 Å². The largest absolute Gasteiger partial charge is 0.389 e. The van der Waals surface area contributed by atoms with Gasteiger partial charge >= 0.3 is 0 Å². The Balaban J connectivity index is 1.91. The number of β-amino-alcohol motifs (C(OH)–C–C–N with tert-alkyl or cyclic N) is 1. The first-order chi connectivity index (χ1) is 8.17. The quantitative estimate of drug-likeness (QED) is 0.787. The summed E-state index contributed by atoms with van der Waals surface area (Å²) in [5, 5.41) is 10.5. The molecule has 1 saturated carbocycles. The molecule has 0 aromatic carbocycles. The third-order valence-electron chi connectivity index (χ3n) is 4.83. The molecule has 0 spiro atoms. The minimum atomic E-state index is -0.410. The normalized spacial score (nSPS) is 34.1. The molecule has 0 amide bonds. The van der Waals surface area contributed by atoms with Crippen LogP contribution in [0.15, 0.2) is 0 Å². The summed E-state index contributed by atoms with van der Waals surface area (Å²) in [6, 6.07) is 0.498. The number of nitrogens with zero attached hydrogens (tertiary/aromatic N) is 1. The third kappa shape index (κ3) is 3.21. The third-order valence-corrected chi connectivity index (χ3v) is 4.83. The molecular weight excluding hydrogens is 212 g/mol. The zero-order chi connectivity index (χ0) is 12.3. The van der Waals surface area contributed by atoms with Crippen molar-refractivity contribution >= 4 is 0 Å². The Hall–Kier alpha value is -0.120. The predicted octanol–water partition coefficient (Wildman–Crippen LogP) is 1.74. The number of hydrogen-bond donors (Lipinski definition) is 2. The Morgan fingerprint density at radius 1 is 1.35 bits per heavy atom. The van der Waals surface area contributed by atoms with Crippen LogP contribution >= 0.6 is 0 Å². The van der Waals surface area contributed by atoms with Gasteiger partial charge in [-0.1, -0.05) is 26.2 Å². The molecule has 17 heavy (non-hydrogen) atoms. The Bertz CT molecular complexity index is 238. The zero-order valence-electron chi connectivity index (χ0n) is 11.2. The van der Waals surface area contributed by atoms with Gasteiger partial charge in [-0.3, -0.25) is 4.90 Å². The van der Waals surface area contributed by atoms with Gasteiger partial charge in [-0.05, 0) is 38.1 Å². The second kappa shape index (κ2) is 5.68. The fourth-order valence-corrected chi connectivity index (χ4v) is 3.58. The number of piperidine rings is 1. The van der Waals surface area contributed by atoms with Gasteiger partial charge in [0.25, 0.3) is 0 Å². The van der Waals surface area contributed by atoms with E-state index in [2.05, 4.69) is 11.8 Å². The van der Waals surface area contributed by atoms with Gasteiger partial charge in [0.2, 0.25) is 0 Å². The summed E-state index contributed by atoms with van der Waals surface area (Å²) >= 11 is 0. The number of hydrogen-bond acceptors (Lipinski definition) is 3. The van der Waals surface area contributed by atoms with Crippen LogP contribution in [0.5, 0.6) is 0 Å². The van der Waals surface area contributed by atoms with Gasteiger partial charge in [0.15, 0.2) is 0 Å². The van der Waals surface area contributed by atoms with Crippen LogP contribution in [-0.2, 0) is 0 Å². The van der Waals surface area contributed by atoms with Gasteiger partial charge < -0.3 is 10.8 Å². The molecule has 0 bridgehead atoms. The summed E-state index contributed by atoms with van der Waals surface area (Å²) in [5.41, 5.74) is 5.49. The van der Waals surface area contributed by atoms with Crippen LogP contribution in [0.2, 0.25) is 0 Å². The van der Waals surface area contributed by atoms with Crippen LogP contribution in [0.1, 0.15) is 51.9 Å². The van der Waals surface area contributed by atoms with Gasteiger partial charge in [0.05, 0.1) is 5.60 Å². The van der Waals surface area contributed by atoms with E-state index >= 15 is 0 Å². The van der Waals surface area contributed by atoms with Crippen molar-refractivity contribution in [3.05, 3.63) is 0 Å². The molecule has 0 aromatic rings. The molecule has 1 aliphatic carbocycles. The summed E-state index contributed by atoms with van der Waals surface area (Å²) in [4.78, 5) is 2.46. The summed E-state index contributed by atoms with van der Waals surface area (Å²) in [6.07, 6.45) is 8.13. The molecule has 0 radical (unpaired) electrons. The van der Waals surface area contributed by atoms with Crippen molar-refractivity contribution in [3.8, 4) is 0 Å². The van der Waals surface area contributed by atoms with Crippen molar-refractivity contribution in [1.82, 2.24) is 4.90 Å². The molecule has 1 saturated heterocycles. The van der Waals surface area contributed by atoms with E-state index in [-0.39, 0.29) is 0 Å². The fourth-order valence-electron chi connectivity index (χ4n) is 3.58. The number of rotatable bonds is 4. The Morgan fingerprint density at radius 3 is 2.65 bits per heavy atom. The minimum absolute atomic E-state index is 0.410. The van der Waals surface area contributed by atoms with Gasteiger partial charge in [-0.15, -0.1) is 0 Å². The van der Waals surface area contributed by atoms with E-state index in [1.54, 1.807) is 0 Å². The van der Waals surface area contributed by atoms with Crippen molar-refractivity contribution in [2.24, 2.45) is 11.7 Å². The van der Waals surface area contributed by atoms with Crippen molar-refractivity contribution in [2.75, 3.05) is 19.6 Å². The van der Waals surface area contributed by atoms with Crippen LogP contribution in [-0.4, -0.2) is 41.3 Å². The van der Waals surface area contributed by atoms with Crippen molar-refractivity contribution in [3.63, 3.8) is 0 Å². The van der Waals surface area contributed by atoms with Crippen LogP contribution in [0.25, 0.3) is 0 Å². The van der Waals surface area contributed by atoms with Crippen molar-refractivity contribution < 1.29 is 5.11 Å². The summed E-state index contributed by atoms with van der Waals surface area (Å²) in [7, 11) is 0. The average Bonchev–Trinajstić information content (AvgIpc) is 2.76. The van der Waals surface area contributed by atoms with E-state index in [0.29, 0.717) is 6.04 Å². The van der Waals surface area contributed by atoms with Crippen molar-refractivity contribution in [1.29, 1.82) is 0 Å². The second-order valence-electron chi connectivity index (χ2n) is 6.09. The highest BCUT2D eigenvalue weighted by atomic mass is 16.3. The Morgan fingerprint density at radius 2 is 2.06 bits per heavy atom. The lowest BCUT2D eigenvalue weighted by atomic mass is 9.87. The molecule has 0 aromatic heterocycles. The molecule has 1 aliphatic heterocycles. The van der Waals surface area contributed by atoms with Crippen LogP contribution in [0.4, 0.5) is 0 Å². The summed E-state index contributed by atoms with van der Waals surface area (Å²) in [5.74, 6) is 0.845. The van der Waals surface area contributed by atoms with Crippen molar-refractivity contribution in [2.45, 2.75) is 63.5 Å². The zero-order valence-corrected chi connectivity index (χ0v) is 11.2. The molecule has 2 unspecified atom stereocenters. The van der Waals surface area contributed by atoms with E-state index in [1.165, 1.54) is 32.1 Å². The van der Waals surface area contributed by atoms with Crippen LogP contribution < -0.4 is 5.73 Å². The SMILES string of the molecule is CCC1CCN(CC2(O)CCCC2)C(CN)C1. The lowest BCUT2D eigenvalue weighted by Crippen LogP contribution is -2.52. The fraction of sp³-hybridized carbons (Fsp3) is 1.00. The van der Waals surface area contributed by atoms with Gasteiger partial charge in [0.1, 0.15) is 0 Å². The van der Waals surface area contributed by atoms with E-state index in [9.17, 15) is 5.11 Å². The van der Waals surface area contributed by atoms with E-state index in [1.807, 2.05) is 0 Å². The minimum Gasteiger partial charge on any atom is -0.389 e. The molecule has 2 aliphatic rings. The summed E-state index contributed by atoms with van der Waals surface area (Å²) in [6.45, 7) is 5.00. The average molecular weight is 240 g/mol. The predicted molar refractivity (Wildman–Crippen MR) is 70.8 cm³/mol. The standard InChI is InChI=1S/C14H28N2O/c1-2-12-5-8-16(13(9-12)10-15)11-14(17)6-3-4-7-14/h12-13,17H,2-11,15H2,1H3. The molecule has 3 nitrogen and oxygen atoms in total. The molecule has 1 heterocycles.